The molecule has 0 amide bonds. The maximum absolute atomic E-state index is 12.6. The highest BCUT2D eigenvalue weighted by molar-refractivity contribution is 7.89. The van der Waals surface area contributed by atoms with E-state index in [2.05, 4.69) is 0 Å². The van der Waals surface area contributed by atoms with Crippen molar-refractivity contribution >= 4 is 15.7 Å². The Hall–Kier alpha value is -1.11. The summed E-state index contributed by atoms with van der Waals surface area (Å²) < 4.78 is 26.6. The van der Waals surface area contributed by atoms with Gasteiger partial charge in [0.1, 0.15) is 0 Å². The van der Waals surface area contributed by atoms with E-state index >= 15 is 0 Å². The molecule has 0 unspecified atom stereocenters. The molecule has 0 aliphatic heterocycles. The predicted octanol–water partition coefficient (Wildman–Crippen LogP) is 1.28. The highest BCUT2D eigenvalue weighted by atomic mass is 32.2. The van der Waals surface area contributed by atoms with Crippen LogP contribution in [0, 0.1) is 13.8 Å². The third-order valence-electron chi connectivity index (χ3n) is 3.03. The van der Waals surface area contributed by atoms with E-state index in [1.54, 1.807) is 39.8 Å². The molecule has 0 atom stereocenters. The zero-order chi connectivity index (χ0) is 14.8. The lowest BCUT2D eigenvalue weighted by atomic mass is 10.1. The van der Waals surface area contributed by atoms with Gasteiger partial charge in [-0.3, -0.25) is 0 Å². The average Bonchev–Trinajstić information content (AvgIpc) is 2.29. The number of nitrogens with zero attached hydrogens (tertiary/aromatic N) is 1. The molecule has 0 spiro atoms. The molecule has 0 fully saturated rings. The van der Waals surface area contributed by atoms with Crippen LogP contribution in [0.3, 0.4) is 0 Å². The number of anilines is 1. The summed E-state index contributed by atoms with van der Waals surface area (Å²) in [5.74, 6) is 0. The number of aryl methyl sites for hydroxylation is 1. The van der Waals surface area contributed by atoms with Gasteiger partial charge < -0.3 is 10.8 Å². The van der Waals surface area contributed by atoms with Gasteiger partial charge in [-0.2, -0.15) is 4.31 Å². The fourth-order valence-corrected chi connectivity index (χ4v) is 3.97. The van der Waals surface area contributed by atoms with Crippen LogP contribution in [-0.2, 0) is 10.0 Å². The van der Waals surface area contributed by atoms with Crippen LogP contribution < -0.4 is 5.73 Å². The number of sulfonamides is 1. The van der Waals surface area contributed by atoms with E-state index in [1.807, 2.05) is 0 Å². The number of benzene rings is 1. The molecule has 0 bridgehead atoms. The van der Waals surface area contributed by atoms with Crippen molar-refractivity contribution in [1.29, 1.82) is 0 Å². The zero-order valence-corrected chi connectivity index (χ0v) is 12.7. The van der Waals surface area contributed by atoms with Crippen LogP contribution in [0.5, 0.6) is 0 Å². The summed E-state index contributed by atoms with van der Waals surface area (Å²) in [5, 5.41) is 9.04. The Labute approximate surface area is 115 Å². The third-order valence-corrected chi connectivity index (χ3v) is 5.23. The van der Waals surface area contributed by atoms with Crippen molar-refractivity contribution in [3.05, 3.63) is 23.3 Å². The van der Waals surface area contributed by atoms with Crippen molar-refractivity contribution < 1.29 is 13.5 Å². The Morgan fingerprint density at radius 3 is 2.37 bits per heavy atom. The van der Waals surface area contributed by atoms with Crippen LogP contribution in [0.4, 0.5) is 5.69 Å². The number of aliphatic hydroxyl groups is 1. The molecule has 6 heteroatoms. The molecule has 0 saturated carbocycles. The van der Waals surface area contributed by atoms with Crippen molar-refractivity contribution in [3.8, 4) is 0 Å². The lowest BCUT2D eigenvalue weighted by Crippen LogP contribution is -2.39. The molecule has 1 aromatic carbocycles. The summed E-state index contributed by atoms with van der Waals surface area (Å²) >= 11 is 0. The first-order chi connectivity index (χ1) is 8.71. The second kappa shape index (κ2) is 5.90. The summed E-state index contributed by atoms with van der Waals surface area (Å²) in [6.07, 6.45) is 0. The summed E-state index contributed by atoms with van der Waals surface area (Å²) in [7, 11) is -3.64. The monoisotopic (exact) mass is 286 g/mol. The van der Waals surface area contributed by atoms with Crippen LogP contribution in [0.15, 0.2) is 17.0 Å². The van der Waals surface area contributed by atoms with Gasteiger partial charge in [-0.1, -0.05) is 0 Å². The molecule has 0 aliphatic rings. The van der Waals surface area contributed by atoms with E-state index in [0.717, 1.165) is 5.56 Å². The molecule has 108 valence electrons. The third kappa shape index (κ3) is 3.26. The van der Waals surface area contributed by atoms with Gasteiger partial charge in [-0.05, 0) is 51.0 Å². The van der Waals surface area contributed by atoms with Crippen molar-refractivity contribution in [2.75, 3.05) is 18.9 Å². The second-order valence-corrected chi connectivity index (χ2v) is 6.77. The van der Waals surface area contributed by atoms with Crippen LogP contribution in [0.2, 0.25) is 0 Å². The Balaban J connectivity index is 3.41. The van der Waals surface area contributed by atoms with E-state index in [0.29, 0.717) is 11.3 Å². The van der Waals surface area contributed by atoms with Crippen molar-refractivity contribution in [1.82, 2.24) is 4.31 Å². The molecule has 1 rings (SSSR count). The minimum absolute atomic E-state index is 0.0767. The van der Waals surface area contributed by atoms with E-state index < -0.39 is 10.0 Å². The molecule has 0 aromatic heterocycles. The maximum Gasteiger partial charge on any atom is 0.243 e. The summed E-state index contributed by atoms with van der Waals surface area (Å²) in [6.45, 7) is 6.92. The molecule has 0 aliphatic carbocycles. The Kier molecular flexibility index (Phi) is 4.95. The normalized spacial score (nSPS) is 12.4. The quantitative estimate of drug-likeness (QED) is 0.799. The van der Waals surface area contributed by atoms with Gasteiger partial charge in [0.2, 0.25) is 10.0 Å². The van der Waals surface area contributed by atoms with Crippen LogP contribution in [0.25, 0.3) is 0 Å². The number of hydrogen-bond donors (Lipinski definition) is 2. The van der Waals surface area contributed by atoms with Crippen molar-refractivity contribution in [3.63, 3.8) is 0 Å². The fraction of sp³-hybridized carbons (Fsp3) is 0.538. The van der Waals surface area contributed by atoms with Gasteiger partial charge in [0.05, 0.1) is 11.5 Å². The summed E-state index contributed by atoms with van der Waals surface area (Å²) in [5.41, 5.74) is 7.65. The van der Waals surface area contributed by atoms with E-state index in [-0.39, 0.29) is 24.1 Å². The molecule has 1 aromatic rings. The lowest BCUT2D eigenvalue weighted by molar-refractivity contribution is 0.236. The topological polar surface area (TPSA) is 83.6 Å². The summed E-state index contributed by atoms with van der Waals surface area (Å²) in [4.78, 5) is 0.215. The van der Waals surface area contributed by atoms with Crippen molar-refractivity contribution in [2.45, 2.75) is 38.6 Å². The highest BCUT2D eigenvalue weighted by Gasteiger charge is 2.28. The molecule has 3 N–H and O–H groups in total. The van der Waals surface area contributed by atoms with Crippen LogP contribution in [0.1, 0.15) is 25.0 Å². The Morgan fingerprint density at radius 2 is 1.89 bits per heavy atom. The molecule has 0 saturated heterocycles. The zero-order valence-electron chi connectivity index (χ0n) is 11.8. The highest BCUT2D eigenvalue weighted by Crippen LogP contribution is 2.26. The SMILES string of the molecule is Cc1cc(N)c(C)c(S(=O)(=O)N(CCO)C(C)C)c1. The van der Waals surface area contributed by atoms with Gasteiger partial charge in [-0.25, -0.2) is 8.42 Å². The molecular formula is C13H22N2O3S. The number of aliphatic hydroxyl groups excluding tert-OH is 1. The van der Waals surface area contributed by atoms with E-state index in [4.69, 9.17) is 10.8 Å². The van der Waals surface area contributed by atoms with Gasteiger partial charge in [0.25, 0.3) is 0 Å². The van der Waals surface area contributed by atoms with Gasteiger partial charge in [0.15, 0.2) is 0 Å². The lowest BCUT2D eigenvalue weighted by Gasteiger charge is -2.26. The Bertz CT molecular complexity index is 553. The van der Waals surface area contributed by atoms with Gasteiger partial charge in [0, 0.05) is 18.3 Å². The average molecular weight is 286 g/mol. The van der Waals surface area contributed by atoms with Crippen LogP contribution >= 0.6 is 0 Å². The number of rotatable bonds is 5. The largest absolute Gasteiger partial charge is 0.398 e. The van der Waals surface area contributed by atoms with E-state index in [1.165, 1.54) is 4.31 Å². The van der Waals surface area contributed by atoms with E-state index in [9.17, 15) is 8.42 Å². The molecule has 0 heterocycles. The fourth-order valence-electron chi connectivity index (χ4n) is 2.00. The number of hydrogen-bond acceptors (Lipinski definition) is 4. The number of nitrogens with two attached hydrogens (primary N) is 1. The summed E-state index contributed by atoms with van der Waals surface area (Å²) in [6, 6.07) is 3.15. The number of nitrogen functional groups attached to an aromatic ring is 1. The first-order valence-corrected chi connectivity index (χ1v) is 7.65. The van der Waals surface area contributed by atoms with Gasteiger partial charge in [-0.15, -0.1) is 0 Å². The second-order valence-electron chi connectivity index (χ2n) is 4.91. The predicted molar refractivity (Wildman–Crippen MR) is 76.4 cm³/mol. The smallest absolute Gasteiger partial charge is 0.243 e. The minimum Gasteiger partial charge on any atom is -0.398 e. The molecular weight excluding hydrogens is 264 g/mol. The molecule has 5 nitrogen and oxygen atoms in total. The molecule has 19 heavy (non-hydrogen) atoms. The van der Waals surface area contributed by atoms with Crippen molar-refractivity contribution in [2.24, 2.45) is 0 Å². The maximum atomic E-state index is 12.6. The van der Waals surface area contributed by atoms with Gasteiger partial charge >= 0.3 is 0 Å². The Morgan fingerprint density at radius 1 is 1.32 bits per heavy atom. The minimum atomic E-state index is -3.64. The van der Waals surface area contributed by atoms with Crippen LogP contribution in [-0.4, -0.2) is 37.0 Å². The first-order valence-electron chi connectivity index (χ1n) is 6.21. The standard InChI is InChI=1S/C13H22N2O3S/c1-9(2)15(5-6-16)19(17,18)13-8-10(3)7-12(14)11(13)4/h7-9,16H,5-6,14H2,1-4H3. The first kappa shape index (κ1) is 15.9. The molecule has 0 radical (unpaired) electrons.